The number of aromatic nitrogens is 4. The molecule has 2 rings (SSSR count). The van der Waals surface area contributed by atoms with Crippen LogP contribution >= 0.6 is 0 Å². The number of hydrogen-bond acceptors (Lipinski definition) is 5. The molecule has 0 atom stereocenters. The third-order valence-corrected chi connectivity index (χ3v) is 2.53. The number of hydrogen-bond donors (Lipinski definition) is 1. The molecule has 6 nitrogen and oxygen atoms in total. The van der Waals surface area contributed by atoms with Crippen LogP contribution in [0.3, 0.4) is 0 Å². The van der Waals surface area contributed by atoms with E-state index in [0.29, 0.717) is 17.3 Å². The van der Waals surface area contributed by atoms with E-state index in [-0.39, 0.29) is 5.54 Å². The zero-order valence-corrected chi connectivity index (χ0v) is 11.0. The number of tetrazole rings is 1. The van der Waals surface area contributed by atoms with E-state index >= 15 is 0 Å². The molecule has 0 aliphatic heterocycles. The minimum atomic E-state index is -0.198. The summed E-state index contributed by atoms with van der Waals surface area (Å²) in [6.45, 7) is 6.11. The van der Waals surface area contributed by atoms with Gasteiger partial charge >= 0.3 is 0 Å². The molecule has 0 saturated carbocycles. The van der Waals surface area contributed by atoms with E-state index < -0.39 is 0 Å². The number of anilines is 1. The van der Waals surface area contributed by atoms with Gasteiger partial charge in [-0.3, -0.25) is 0 Å². The highest BCUT2D eigenvalue weighted by Crippen LogP contribution is 2.27. The summed E-state index contributed by atoms with van der Waals surface area (Å²) in [4.78, 5) is 0. The Labute approximate surface area is 106 Å². The van der Waals surface area contributed by atoms with Crippen molar-refractivity contribution in [3.8, 4) is 17.1 Å². The van der Waals surface area contributed by atoms with Crippen LogP contribution in [0.1, 0.15) is 20.8 Å². The van der Waals surface area contributed by atoms with E-state index in [0.717, 1.165) is 5.56 Å². The maximum atomic E-state index is 5.84. The predicted octanol–water partition coefficient (Wildman–Crippen LogP) is 1.69. The first-order valence-corrected chi connectivity index (χ1v) is 5.65. The Balaban J connectivity index is 2.56. The van der Waals surface area contributed by atoms with Crippen molar-refractivity contribution in [1.29, 1.82) is 0 Å². The van der Waals surface area contributed by atoms with Crippen molar-refractivity contribution in [2.45, 2.75) is 26.3 Å². The van der Waals surface area contributed by atoms with Crippen LogP contribution in [0, 0.1) is 0 Å². The molecule has 6 heteroatoms. The van der Waals surface area contributed by atoms with E-state index in [1.807, 2.05) is 32.9 Å². The van der Waals surface area contributed by atoms with Crippen molar-refractivity contribution in [3.63, 3.8) is 0 Å². The highest BCUT2D eigenvalue weighted by molar-refractivity contribution is 5.64. The molecular formula is C12H17N5O. The maximum absolute atomic E-state index is 5.84. The van der Waals surface area contributed by atoms with Gasteiger partial charge in [0.2, 0.25) is 0 Å². The van der Waals surface area contributed by atoms with Crippen molar-refractivity contribution < 1.29 is 4.74 Å². The fourth-order valence-corrected chi connectivity index (χ4v) is 1.69. The standard InChI is InChI=1S/C12H17N5O/c1-12(2,3)17-11(14-15-16-17)8-5-9(13)7-10(6-8)18-4/h5-7H,13H2,1-4H3. The van der Waals surface area contributed by atoms with Gasteiger partial charge in [0.15, 0.2) is 5.82 Å². The maximum Gasteiger partial charge on any atom is 0.182 e. The molecule has 0 aliphatic carbocycles. The number of rotatable bonds is 2. The quantitative estimate of drug-likeness (QED) is 0.817. The van der Waals surface area contributed by atoms with Crippen molar-refractivity contribution in [2.24, 2.45) is 0 Å². The van der Waals surface area contributed by atoms with Crippen molar-refractivity contribution in [2.75, 3.05) is 12.8 Å². The highest BCUT2D eigenvalue weighted by atomic mass is 16.5. The van der Waals surface area contributed by atoms with Gasteiger partial charge in [-0.05, 0) is 43.3 Å². The summed E-state index contributed by atoms with van der Waals surface area (Å²) < 4.78 is 6.97. The molecule has 2 N–H and O–H groups in total. The van der Waals surface area contributed by atoms with Crippen LogP contribution in [-0.4, -0.2) is 27.3 Å². The van der Waals surface area contributed by atoms with Crippen LogP contribution in [-0.2, 0) is 5.54 Å². The molecule has 0 saturated heterocycles. The Hall–Kier alpha value is -2.11. The average molecular weight is 247 g/mol. The fourth-order valence-electron chi connectivity index (χ4n) is 1.69. The van der Waals surface area contributed by atoms with E-state index in [2.05, 4.69) is 15.5 Å². The number of nitrogens with two attached hydrogens (primary N) is 1. The van der Waals surface area contributed by atoms with Gasteiger partial charge in [-0.1, -0.05) is 0 Å². The Kier molecular flexibility index (Phi) is 2.94. The molecule has 0 unspecified atom stereocenters. The van der Waals surface area contributed by atoms with E-state index in [9.17, 15) is 0 Å². The van der Waals surface area contributed by atoms with Gasteiger partial charge in [0.25, 0.3) is 0 Å². The van der Waals surface area contributed by atoms with Crippen LogP contribution in [0.4, 0.5) is 5.69 Å². The van der Waals surface area contributed by atoms with Crippen LogP contribution < -0.4 is 10.5 Å². The topological polar surface area (TPSA) is 78.8 Å². The molecular weight excluding hydrogens is 230 g/mol. The van der Waals surface area contributed by atoms with Crippen LogP contribution in [0.5, 0.6) is 5.75 Å². The molecule has 0 radical (unpaired) electrons. The fraction of sp³-hybridized carbons (Fsp3) is 0.417. The summed E-state index contributed by atoms with van der Waals surface area (Å²) in [5.74, 6) is 1.36. The predicted molar refractivity (Wildman–Crippen MR) is 69.2 cm³/mol. The van der Waals surface area contributed by atoms with Crippen LogP contribution in [0.15, 0.2) is 18.2 Å². The molecule has 0 aliphatic rings. The second-order valence-corrected chi connectivity index (χ2v) is 5.08. The summed E-state index contributed by atoms with van der Waals surface area (Å²) in [6, 6.07) is 5.45. The van der Waals surface area contributed by atoms with Crippen molar-refractivity contribution >= 4 is 5.69 Å². The summed E-state index contributed by atoms with van der Waals surface area (Å²) in [7, 11) is 1.60. The molecule has 0 amide bonds. The number of benzene rings is 1. The lowest BCUT2D eigenvalue weighted by Gasteiger charge is -2.20. The first kappa shape index (κ1) is 12.3. The van der Waals surface area contributed by atoms with Gasteiger partial charge < -0.3 is 10.5 Å². The second kappa shape index (κ2) is 4.29. The number of nitrogens with zero attached hydrogens (tertiary/aromatic N) is 4. The number of nitrogen functional groups attached to an aromatic ring is 1. The third kappa shape index (κ3) is 2.27. The molecule has 1 heterocycles. The molecule has 1 aromatic heterocycles. The largest absolute Gasteiger partial charge is 0.497 e. The Morgan fingerprint density at radius 2 is 1.94 bits per heavy atom. The van der Waals surface area contributed by atoms with Gasteiger partial charge in [0, 0.05) is 17.3 Å². The molecule has 0 spiro atoms. The first-order chi connectivity index (χ1) is 8.41. The number of ether oxygens (including phenoxy) is 1. The van der Waals surface area contributed by atoms with E-state index in [1.165, 1.54) is 0 Å². The van der Waals surface area contributed by atoms with Gasteiger partial charge in [0.1, 0.15) is 5.75 Å². The second-order valence-electron chi connectivity index (χ2n) is 5.08. The van der Waals surface area contributed by atoms with Crippen molar-refractivity contribution in [1.82, 2.24) is 20.2 Å². The van der Waals surface area contributed by atoms with Crippen molar-refractivity contribution in [3.05, 3.63) is 18.2 Å². The number of methoxy groups -OCH3 is 1. The Morgan fingerprint density at radius 1 is 1.22 bits per heavy atom. The first-order valence-electron chi connectivity index (χ1n) is 5.65. The molecule has 1 aromatic carbocycles. The lowest BCUT2D eigenvalue weighted by atomic mass is 10.1. The minimum absolute atomic E-state index is 0.198. The zero-order chi connectivity index (χ0) is 13.3. The normalized spacial score (nSPS) is 11.6. The summed E-state index contributed by atoms with van der Waals surface area (Å²) >= 11 is 0. The highest BCUT2D eigenvalue weighted by Gasteiger charge is 2.21. The molecule has 18 heavy (non-hydrogen) atoms. The van der Waals surface area contributed by atoms with E-state index in [4.69, 9.17) is 10.5 Å². The van der Waals surface area contributed by atoms with Crippen LogP contribution in [0.25, 0.3) is 11.4 Å². The monoisotopic (exact) mass is 247 g/mol. The lowest BCUT2D eigenvalue weighted by molar-refractivity contribution is 0.351. The molecule has 2 aromatic rings. The lowest BCUT2D eigenvalue weighted by Crippen LogP contribution is -2.24. The van der Waals surface area contributed by atoms with Gasteiger partial charge in [-0.15, -0.1) is 5.10 Å². The van der Waals surface area contributed by atoms with Gasteiger partial charge in [-0.2, -0.15) is 0 Å². The summed E-state index contributed by atoms with van der Waals surface area (Å²) in [5.41, 5.74) is 7.10. The Morgan fingerprint density at radius 3 is 2.56 bits per heavy atom. The summed E-state index contributed by atoms with van der Waals surface area (Å²) in [5, 5.41) is 11.8. The molecule has 96 valence electrons. The minimum Gasteiger partial charge on any atom is -0.497 e. The third-order valence-electron chi connectivity index (χ3n) is 2.53. The van der Waals surface area contributed by atoms with Gasteiger partial charge in [-0.25, -0.2) is 4.68 Å². The SMILES string of the molecule is COc1cc(N)cc(-c2nnnn2C(C)(C)C)c1. The Bertz CT molecular complexity index is 556. The van der Waals surface area contributed by atoms with Gasteiger partial charge in [0.05, 0.1) is 12.6 Å². The molecule has 0 fully saturated rings. The summed E-state index contributed by atoms with van der Waals surface area (Å²) in [6.07, 6.45) is 0. The average Bonchev–Trinajstić information content (AvgIpc) is 2.76. The van der Waals surface area contributed by atoms with E-state index in [1.54, 1.807) is 17.9 Å². The zero-order valence-electron chi connectivity index (χ0n) is 11.0. The smallest absolute Gasteiger partial charge is 0.182 e. The molecule has 0 bridgehead atoms. The van der Waals surface area contributed by atoms with Crippen LogP contribution in [0.2, 0.25) is 0 Å².